The van der Waals surface area contributed by atoms with Crippen LogP contribution in [0.2, 0.25) is 55.2 Å². The van der Waals surface area contributed by atoms with Crippen molar-refractivity contribution in [3.8, 4) is 69.0 Å². The third kappa shape index (κ3) is 18.2. The van der Waals surface area contributed by atoms with Crippen molar-refractivity contribution in [2.75, 3.05) is 90.8 Å². The average Bonchev–Trinajstić information content (AvgIpc) is 0.726. The van der Waals surface area contributed by atoms with E-state index in [1.165, 1.54) is 50.1 Å². The normalized spacial score (nSPS) is 15.0. The monoisotopic (exact) mass is 2090 g/mol. The van der Waals surface area contributed by atoms with E-state index in [0.717, 1.165) is 0 Å². The van der Waals surface area contributed by atoms with Gasteiger partial charge < -0.3 is 46.6 Å². The summed E-state index contributed by atoms with van der Waals surface area (Å²) in [7, 11) is 0. The summed E-state index contributed by atoms with van der Waals surface area (Å²) in [6, 6.07) is 15.1. The minimum absolute atomic E-state index is 0.00487. The van der Waals surface area contributed by atoms with Crippen LogP contribution in [0, 0.1) is 78.0 Å². The number of hydrogen-bond donors (Lipinski definition) is 3. The van der Waals surface area contributed by atoms with Crippen molar-refractivity contribution in [1.82, 2.24) is 58.3 Å². The first-order valence-corrected chi connectivity index (χ1v) is 46.7. The summed E-state index contributed by atoms with van der Waals surface area (Å²) < 4.78 is 64.5. The number of pyridine rings is 9. The van der Waals surface area contributed by atoms with Gasteiger partial charge in [-0.25, -0.2) is 32.5 Å². The molecule has 0 bridgehead atoms. The van der Waals surface area contributed by atoms with Crippen molar-refractivity contribution >= 4 is 213 Å². The molecule has 0 radical (unpaired) electrons. The fourth-order valence-corrected chi connectivity index (χ4v) is 20.1. The van der Waals surface area contributed by atoms with Crippen molar-refractivity contribution in [2.24, 2.45) is 0 Å². The number of rotatable bonds is 15. The van der Waals surface area contributed by atoms with Crippen molar-refractivity contribution in [2.45, 2.75) is 119 Å². The minimum Gasteiger partial charge on any atom is -0.397 e. The quantitative estimate of drug-likeness (QED) is 0.0282. The summed E-state index contributed by atoms with van der Waals surface area (Å²) in [5.74, 6) is -6.01. The Morgan fingerprint density at radius 1 is 0.399 bits per heavy atom. The van der Waals surface area contributed by atoms with Crippen molar-refractivity contribution < 1.29 is 31.9 Å². The number of hydrogen-bond acceptors (Lipinski definition) is 21. The Balaban J connectivity index is 0.000000175. The Bertz CT molecular complexity index is 6780. The largest absolute Gasteiger partial charge is 0.397 e. The van der Waals surface area contributed by atoms with Crippen molar-refractivity contribution in [3.63, 3.8) is 0 Å². The van der Waals surface area contributed by atoms with Gasteiger partial charge in [-0.2, -0.15) is 15.8 Å². The van der Waals surface area contributed by atoms with Gasteiger partial charge in [-0.1, -0.05) is 189 Å². The molecule has 12 heterocycles. The molecule has 3 amide bonds. The first-order valence-electron chi connectivity index (χ1n) is 42.6. The summed E-state index contributed by atoms with van der Waals surface area (Å²) in [5, 5.41) is 28.7. The van der Waals surface area contributed by atoms with Crippen molar-refractivity contribution in [1.29, 1.82) is 15.8 Å². The number of nitrogens with zero attached hydrogens (tertiary/aromatic N) is 18. The Kier molecular flexibility index (Phi) is 30.9. The van der Waals surface area contributed by atoms with Crippen LogP contribution in [0.3, 0.4) is 0 Å². The lowest BCUT2D eigenvalue weighted by Crippen LogP contribution is -2.54. The van der Waals surface area contributed by atoms with E-state index in [-0.39, 0.29) is 183 Å². The molecule has 3 saturated heterocycles. The van der Waals surface area contributed by atoms with Crippen LogP contribution in [0.1, 0.15) is 131 Å². The molecule has 3 aliphatic rings. The zero-order valence-electron chi connectivity index (χ0n) is 75.8. The summed E-state index contributed by atoms with van der Waals surface area (Å²) in [5.41, 5.74) is 20.3. The molecule has 9 aromatic heterocycles. The highest BCUT2D eigenvalue weighted by Gasteiger charge is 2.40. The van der Waals surface area contributed by atoms with E-state index >= 15 is 13.2 Å². The lowest BCUT2D eigenvalue weighted by atomic mass is 10.0. The number of carbonyl (C=O) groups excluding carboxylic acids is 3. The van der Waals surface area contributed by atoms with E-state index in [1.54, 1.807) is 58.4 Å². The maximum atomic E-state index is 15.5. The third-order valence-corrected chi connectivity index (χ3v) is 28.3. The molecule has 0 aliphatic carbocycles. The van der Waals surface area contributed by atoms with Gasteiger partial charge in [0.1, 0.15) is 56.9 Å². The van der Waals surface area contributed by atoms with E-state index in [0.29, 0.717) is 112 Å². The van der Waals surface area contributed by atoms with E-state index in [9.17, 15) is 48.9 Å². The second-order valence-corrected chi connectivity index (χ2v) is 38.0. The number of aryl methyl sites for hydroxylation is 3. The van der Waals surface area contributed by atoms with E-state index in [2.05, 4.69) is 57.9 Å². The number of piperazine rings is 3. The number of nitrogen functional groups attached to an aromatic ring is 3. The van der Waals surface area contributed by atoms with Gasteiger partial charge in [-0.15, -0.1) is 0 Å². The van der Waals surface area contributed by atoms with Crippen molar-refractivity contribution in [3.05, 3.63) is 253 Å². The fraction of sp³-hybridized carbons (Fsp3) is 0.281. The molecular weight excluding hydrogens is 2010 g/mol. The SMILES string of the molecule is C=CC(=O)N1CCN(c2c(C#N)c(=O)n(-c3c(C)ccnc3C(C)C)c3nc(-c4c(N)c(Cl)c(Cl)c(F)c4Cl)c(Cl)cc23)C[C@H]1C.C=CC(=O)N1CCN(c2c(C#N)c(=O)n(-c3c(C)ccnc3C(C)C)c3nc(-c4c(N)c(Cl)c(Cl)c(F)c4Cl)c(Cl)cc23)C[C@H]1C.C=CC(=O)N1CCN(c2c(C#N)c(=O)n(-c3c(C)ccnc3C(C)C)c3nc(-c4c(N)c(Cl)c(Cl)c(F)c4F)c(Cl)cc23)C[C@H]1C. The molecule has 0 unspecified atom stereocenters. The first-order chi connectivity index (χ1) is 65.2. The van der Waals surface area contributed by atoms with Crippen LogP contribution in [-0.4, -0.2) is 153 Å². The number of benzene rings is 3. The summed E-state index contributed by atoms with van der Waals surface area (Å²) >= 11 is 69.9. The topological polar surface area (TPSA) is 363 Å². The Labute approximate surface area is 843 Å². The molecule has 3 atom stereocenters. The number of nitrogens with two attached hydrogens (primary N) is 3. The van der Waals surface area contributed by atoms with Crippen LogP contribution in [-0.2, 0) is 14.4 Å². The van der Waals surface area contributed by atoms with Gasteiger partial charge in [0.05, 0.1) is 141 Å². The lowest BCUT2D eigenvalue weighted by molar-refractivity contribution is -0.129. The smallest absolute Gasteiger partial charge is 0.276 e. The van der Waals surface area contributed by atoms with Gasteiger partial charge in [-0.05, 0) is 131 Å². The molecule has 3 aromatic carbocycles. The van der Waals surface area contributed by atoms with Gasteiger partial charge >= 0.3 is 0 Å². The molecule has 12 aromatic rings. The summed E-state index contributed by atoms with van der Waals surface area (Å²) in [6.45, 7) is 35.9. The summed E-state index contributed by atoms with van der Waals surface area (Å²) in [6.07, 6.45) is 8.62. The van der Waals surface area contributed by atoms with Crippen LogP contribution in [0.25, 0.3) is 83.9 Å². The van der Waals surface area contributed by atoms with Crippen LogP contribution in [0.4, 0.5) is 51.7 Å². The molecule has 714 valence electrons. The van der Waals surface area contributed by atoms with Gasteiger partial charge in [-0.3, -0.25) is 57.4 Å². The number of carbonyl (C=O) groups is 3. The molecule has 0 saturated carbocycles. The number of nitriles is 3. The van der Waals surface area contributed by atoms with Crippen LogP contribution in [0.15, 0.2) is 107 Å². The van der Waals surface area contributed by atoms with E-state index in [1.807, 2.05) is 90.9 Å². The Morgan fingerprint density at radius 2 is 0.652 bits per heavy atom. The second kappa shape index (κ2) is 41.2. The number of aromatic nitrogens is 9. The molecule has 42 heteroatoms. The molecule has 138 heavy (non-hydrogen) atoms. The van der Waals surface area contributed by atoms with Gasteiger partial charge in [0.15, 0.2) is 23.3 Å². The maximum Gasteiger partial charge on any atom is 0.276 e. The number of anilines is 6. The standard InChI is InChI=1S/2C32H28Cl4FN7O2.C32H28Cl3F2N7O2/c2*1-6-20(45)43-10-9-42(13-16(43)5)30-17-11-19(33)28(21-22(34)25(37)23(35)24(36)26(21)39)41-31(17)44(32(46)18(30)12-38)29-15(4)7-8-40-27(29)14(2)3;1-6-20(45)43-10-9-42(13-16(43)5)30-17-11-19(33)28(21-24(36)25(37)22(34)23(35)26(21)39)41-31(17)44(32(46)18(30)12-38)29-15(4)7-8-40-27(29)14(2)3/h3*6-8,11,14,16H,1,9-10,13,39H2,2-5H3/t3*16-/m111/s1. The van der Waals surface area contributed by atoms with Crippen LogP contribution in [0.5, 0.6) is 0 Å². The number of amides is 3. The molecule has 0 spiro atoms. The maximum absolute atomic E-state index is 15.5. The minimum atomic E-state index is -1.45. The second-order valence-electron chi connectivity index (χ2n) is 33.8. The predicted molar refractivity (Wildman–Crippen MR) is 541 cm³/mol. The van der Waals surface area contributed by atoms with E-state index < -0.39 is 81.3 Å². The van der Waals surface area contributed by atoms with Crippen LogP contribution >= 0.6 is 128 Å². The third-order valence-electron chi connectivity index (χ3n) is 24.2. The Hall–Kier alpha value is -12.0. The fourth-order valence-electron chi connectivity index (χ4n) is 17.6. The van der Waals surface area contributed by atoms with Crippen LogP contribution < -0.4 is 48.6 Å². The highest BCUT2D eigenvalue weighted by molar-refractivity contribution is 6.48. The van der Waals surface area contributed by atoms with E-state index in [4.69, 9.17) is 155 Å². The average molecular weight is 2090 g/mol. The number of halogens is 15. The first kappa shape index (κ1) is 103. The predicted octanol–water partition coefficient (Wildman–Crippen LogP) is 21.4. The highest BCUT2D eigenvalue weighted by atomic mass is 35.5. The number of fused-ring (bicyclic) bond motifs is 3. The Morgan fingerprint density at radius 3 is 0.899 bits per heavy atom. The lowest BCUT2D eigenvalue weighted by Gasteiger charge is -2.41. The molecular formula is C96H84Cl11F4N21O6. The van der Waals surface area contributed by atoms with Gasteiger partial charge in [0.25, 0.3) is 16.7 Å². The van der Waals surface area contributed by atoms with Gasteiger partial charge in [0, 0.05) is 123 Å². The molecule has 3 fully saturated rings. The zero-order valence-corrected chi connectivity index (χ0v) is 84.1. The zero-order chi connectivity index (χ0) is 101. The highest BCUT2D eigenvalue weighted by Crippen LogP contribution is 2.52. The van der Waals surface area contributed by atoms with Gasteiger partial charge in [0.2, 0.25) is 17.7 Å². The summed E-state index contributed by atoms with van der Waals surface area (Å²) in [4.78, 5) is 119. The molecule has 27 nitrogen and oxygen atoms in total. The molecule has 3 aliphatic heterocycles. The molecule has 6 N–H and O–H groups in total. The molecule has 15 rings (SSSR count).